The zero-order chi connectivity index (χ0) is 17.1. The summed E-state index contributed by atoms with van der Waals surface area (Å²) in [7, 11) is 0. The average Bonchev–Trinajstić information content (AvgIpc) is 2.92. The van der Waals surface area contributed by atoms with Crippen LogP contribution in [0.2, 0.25) is 0 Å². The number of thiophene rings is 1. The van der Waals surface area contributed by atoms with E-state index in [1.807, 2.05) is 25.1 Å². The monoisotopic (exact) mass is 405 g/mol. The third-order valence-corrected chi connectivity index (χ3v) is 6.14. The van der Waals surface area contributed by atoms with Crippen LogP contribution in [0, 0.1) is 10.1 Å². The molecule has 0 saturated carbocycles. The lowest BCUT2D eigenvalue weighted by Gasteiger charge is -2.16. The molecule has 0 N–H and O–H groups in total. The number of nitrogens with zero attached hydrogens (tertiary/aromatic N) is 1. The smallest absolute Gasteiger partial charge is 0.269 e. The molecule has 0 saturated heterocycles. The van der Waals surface area contributed by atoms with E-state index in [2.05, 4.69) is 28.1 Å². The first-order valence-electron chi connectivity index (χ1n) is 7.62. The molecule has 24 heavy (non-hydrogen) atoms. The highest BCUT2D eigenvalue weighted by molar-refractivity contribution is 9.10. The van der Waals surface area contributed by atoms with Crippen LogP contribution in [0.15, 0.2) is 53.0 Å². The summed E-state index contributed by atoms with van der Waals surface area (Å²) in [6.45, 7) is 2.54. The molecule has 0 aliphatic rings. The Kier molecular flexibility index (Phi) is 5.28. The predicted octanol–water partition coefficient (Wildman–Crippen LogP) is 5.89. The summed E-state index contributed by atoms with van der Waals surface area (Å²) in [5.74, 6) is 0. The Labute approximate surface area is 152 Å². The molecule has 3 aromatic rings. The Balaban J connectivity index is 1.96. The molecule has 0 spiro atoms. The SMILES string of the molecule is CCOC(Cc1cccc([N+](=O)[O-])c1)c1sc2ccccc2c1Br. The van der Waals surface area contributed by atoms with E-state index in [9.17, 15) is 10.1 Å². The largest absolute Gasteiger partial charge is 0.373 e. The minimum absolute atomic E-state index is 0.109. The molecule has 0 amide bonds. The minimum Gasteiger partial charge on any atom is -0.373 e. The highest BCUT2D eigenvalue weighted by atomic mass is 79.9. The lowest BCUT2D eigenvalue weighted by Crippen LogP contribution is -2.07. The van der Waals surface area contributed by atoms with E-state index >= 15 is 0 Å². The van der Waals surface area contributed by atoms with E-state index in [4.69, 9.17) is 4.74 Å². The molecule has 4 nitrogen and oxygen atoms in total. The maximum atomic E-state index is 11.0. The van der Waals surface area contributed by atoms with Crippen LogP contribution >= 0.6 is 27.3 Å². The fraction of sp³-hybridized carbons (Fsp3) is 0.222. The molecule has 0 fully saturated rings. The molecule has 1 unspecified atom stereocenters. The Morgan fingerprint density at radius 2 is 2.04 bits per heavy atom. The summed E-state index contributed by atoms with van der Waals surface area (Å²) in [6, 6.07) is 14.9. The molecular formula is C18H16BrNO3S. The standard InChI is InChI=1S/C18H16BrNO3S/c1-2-23-15(11-12-6-5-7-13(10-12)20(21)22)18-17(19)14-8-3-4-9-16(14)24-18/h3-10,15H,2,11H2,1H3. The second-order valence-corrected chi connectivity index (χ2v) is 7.23. The Hall–Kier alpha value is -1.76. The van der Waals surface area contributed by atoms with Gasteiger partial charge < -0.3 is 4.74 Å². The molecule has 3 rings (SSSR count). The van der Waals surface area contributed by atoms with Crippen LogP contribution in [-0.4, -0.2) is 11.5 Å². The second-order valence-electron chi connectivity index (χ2n) is 5.35. The molecule has 124 valence electrons. The Morgan fingerprint density at radius 1 is 1.25 bits per heavy atom. The fourth-order valence-corrected chi connectivity index (χ4v) is 4.80. The van der Waals surface area contributed by atoms with Gasteiger partial charge in [0.05, 0.1) is 11.0 Å². The van der Waals surface area contributed by atoms with E-state index in [-0.39, 0.29) is 16.7 Å². The van der Waals surface area contributed by atoms with Gasteiger partial charge >= 0.3 is 0 Å². The number of hydrogen-bond acceptors (Lipinski definition) is 4. The number of non-ortho nitro benzene ring substituents is 1. The quantitative estimate of drug-likeness (QED) is 0.379. The van der Waals surface area contributed by atoms with E-state index < -0.39 is 0 Å². The zero-order valence-corrected chi connectivity index (χ0v) is 15.5. The number of benzene rings is 2. The van der Waals surface area contributed by atoms with Gasteiger partial charge in [-0.25, -0.2) is 0 Å². The Morgan fingerprint density at radius 3 is 2.75 bits per heavy atom. The number of rotatable bonds is 6. The number of nitro benzene ring substituents is 1. The second kappa shape index (κ2) is 7.42. The highest BCUT2D eigenvalue weighted by Gasteiger charge is 2.21. The van der Waals surface area contributed by atoms with Gasteiger partial charge in [0.25, 0.3) is 5.69 Å². The van der Waals surface area contributed by atoms with Crippen LogP contribution in [0.3, 0.4) is 0 Å². The first-order chi connectivity index (χ1) is 11.6. The van der Waals surface area contributed by atoms with Crippen molar-refractivity contribution in [3.63, 3.8) is 0 Å². The molecular weight excluding hydrogens is 390 g/mol. The summed E-state index contributed by atoms with van der Waals surface area (Å²) in [6.07, 6.45) is 0.463. The molecule has 6 heteroatoms. The molecule has 0 radical (unpaired) electrons. The van der Waals surface area contributed by atoms with E-state index in [1.165, 1.54) is 16.2 Å². The predicted molar refractivity (Wildman–Crippen MR) is 101 cm³/mol. The fourth-order valence-electron chi connectivity index (χ4n) is 2.68. The molecule has 0 bridgehead atoms. The van der Waals surface area contributed by atoms with Crippen molar-refractivity contribution in [1.82, 2.24) is 0 Å². The van der Waals surface area contributed by atoms with Gasteiger partial charge in [-0.15, -0.1) is 11.3 Å². The topological polar surface area (TPSA) is 52.4 Å². The number of fused-ring (bicyclic) bond motifs is 1. The van der Waals surface area contributed by atoms with Gasteiger partial charge in [-0.2, -0.15) is 0 Å². The summed E-state index contributed by atoms with van der Waals surface area (Å²) in [5.41, 5.74) is 1.00. The normalized spacial score (nSPS) is 12.4. The summed E-state index contributed by atoms with van der Waals surface area (Å²) < 4.78 is 8.20. The number of nitro groups is 1. The maximum Gasteiger partial charge on any atom is 0.269 e. The van der Waals surface area contributed by atoms with E-state index in [0.717, 1.165) is 14.9 Å². The van der Waals surface area contributed by atoms with Crippen molar-refractivity contribution in [3.8, 4) is 0 Å². The molecule has 1 atom stereocenters. The van der Waals surface area contributed by atoms with Gasteiger partial charge in [0.15, 0.2) is 0 Å². The minimum atomic E-state index is -0.367. The zero-order valence-electron chi connectivity index (χ0n) is 13.1. The summed E-state index contributed by atoms with van der Waals surface area (Å²) in [4.78, 5) is 11.7. The van der Waals surface area contributed by atoms with Gasteiger partial charge in [0.2, 0.25) is 0 Å². The number of halogens is 1. The van der Waals surface area contributed by atoms with Crippen LogP contribution in [0.1, 0.15) is 23.5 Å². The van der Waals surface area contributed by atoms with Crippen LogP contribution in [0.5, 0.6) is 0 Å². The lowest BCUT2D eigenvalue weighted by atomic mass is 10.1. The number of hydrogen-bond donors (Lipinski definition) is 0. The third-order valence-electron chi connectivity index (χ3n) is 3.76. The lowest BCUT2D eigenvalue weighted by molar-refractivity contribution is -0.384. The molecule has 1 heterocycles. The van der Waals surface area contributed by atoms with Gasteiger partial charge in [-0.1, -0.05) is 30.3 Å². The van der Waals surface area contributed by atoms with Gasteiger partial charge in [0, 0.05) is 44.6 Å². The average molecular weight is 406 g/mol. The first kappa shape index (κ1) is 17.1. The number of ether oxygens (including phenoxy) is 1. The van der Waals surface area contributed by atoms with E-state index in [0.29, 0.717) is 13.0 Å². The van der Waals surface area contributed by atoms with Crippen molar-refractivity contribution < 1.29 is 9.66 Å². The first-order valence-corrected chi connectivity index (χ1v) is 9.23. The Bertz CT molecular complexity index is 878. The molecule has 2 aromatic carbocycles. The molecule has 1 aromatic heterocycles. The van der Waals surface area contributed by atoms with Crippen molar-refractivity contribution in [1.29, 1.82) is 0 Å². The van der Waals surface area contributed by atoms with Gasteiger partial charge in [-0.05, 0) is 34.5 Å². The maximum absolute atomic E-state index is 11.0. The van der Waals surface area contributed by atoms with Crippen molar-refractivity contribution in [2.75, 3.05) is 6.61 Å². The third kappa shape index (κ3) is 3.50. The summed E-state index contributed by atoms with van der Waals surface area (Å²) in [5, 5.41) is 12.1. The van der Waals surface area contributed by atoms with Crippen molar-refractivity contribution in [3.05, 3.63) is 73.6 Å². The van der Waals surface area contributed by atoms with Crippen LogP contribution < -0.4 is 0 Å². The van der Waals surface area contributed by atoms with E-state index in [1.54, 1.807) is 23.5 Å². The van der Waals surface area contributed by atoms with Crippen LogP contribution in [-0.2, 0) is 11.2 Å². The van der Waals surface area contributed by atoms with Crippen LogP contribution in [0.4, 0.5) is 5.69 Å². The van der Waals surface area contributed by atoms with Crippen molar-refractivity contribution in [2.24, 2.45) is 0 Å². The highest BCUT2D eigenvalue weighted by Crippen LogP contribution is 2.41. The van der Waals surface area contributed by atoms with Crippen LogP contribution in [0.25, 0.3) is 10.1 Å². The summed E-state index contributed by atoms with van der Waals surface area (Å²) >= 11 is 5.39. The van der Waals surface area contributed by atoms with Gasteiger partial charge in [-0.3, -0.25) is 10.1 Å². The van der Waals surface area contributed by atoms with Gasteiger partial charge in [0.1, 0.15) is 0 Å². The van der Waals surface area contributed by atoms with Crippen molar-refractivity contribution >= 4 is 43.0 Å². The molecule has 0 aliphatic heterocycles. The van der Waals surface area contributed by atoms with Crippen molar-refractivity contribution in [2.45, 2.75) is 19.4 Å². The molecule has 0 aliphatic carbocycles.